The quantitative estimate of drug-likeness (QED) is 0.0516. The number of hydrogen-bond acceptors (Lipinski definition) is 10. The van der Waals surface area contributed by atoms with Crippen molar-refractivity contribution in [1.82, 2.24) is 37.2 Å². The predicted molar refractivity (Wildman–Crippen MR) is 206 cm³/mol. The van der Waals surface area contributed by atoms with Gasteiger partial charge in [-0.25, -0.2) is 4.79 Å². The van der Waals surface area contributed by atoms with Gasteiger partial charge in [-0.15, -0.1) is 0 Å². The maximum atomic E-state index is 13.5. The molecule has 0 aromatic heterocycles. The fourth-order valence-corrected chi connectivity index (χ4v) is 5.08. The highest BCUT2D eigenvalue weighted by molar-refractivity contribution is 6.00. The standard InChI is InChI=1S/C38H49N9O11/c1-21(2)32(34(40)53)46-35(54)22(3)43-37(56)33(24-12-8-5-9-13-24)47-36(55)25(14-15-27(39)48)44-29(50)17-16-28(49)41-19-30(51)42-20-31(52)45-26(38(57)58)18-23-10-6-4-7-11-23/h4-13,16-17,21-22,25-26,32-33H,14-15,18-20H2,1-3H3,(H2,39,48)(H2,40,53)(H,41,49)(H,42,51)(H,43,56)(H,44,50)(H,45,52)(H,46,54)(H,47,55)(H,57,58)/b17-16+/t22-,25-,26-,32-,33-/m0/s1. The molecule has 0 heterocycles. The van der Waals surface area contributed by atoms with Gasteiger partial charge in [-0.1, -0.05) is 74.5 Å². The van der Waals surface area contributed by atoms with Crippen molar-refractivity contribution in [2.24, 2.45) is 17.4 Å². The van der Waals surface area contributed by atoms with Crippen LogP contribution in [0.4, 0.5) is 0 Å². The van der Waals surface area contributed by atoms with Crippen molar-refractivity contribution in [1.29, 1.82) is 0 Å². The summed E-state index contributed by atoms with van der Waals surface area (Å²) in [4.78, 5) is 124. The Bertz CT molecular complexity index is 1840. The van der Waals surface area contributed by atoms with Gasteiger partial charge in [-0.05, 0) is 30.4 Å². The number of nitrogens with one attached hydrogen (secondary N) is 7. The van der Waals surface area contributed by atoms with Crippen molar-refractivity contribution in [3.05, 3.63) is 83.9 Å². The van der Waals surface area contributed by atoms with Crippen LogP contribution >= 0.6 is 0 Å². The van der Waals surface area contributed by atoms with Crippen molar-refractivity contribution in [3.63, 3.8) is 0 Å². The van der Waals surface area contributed by atoms with Gasteiger partial charge >= 0.3 is 5.97 Å². The van der Waals surface area contributed by atoms with E-state index in [1.54, 1.807) is 62.4 Å². The number of rotatable bonds is 23. The van der Waals surface area contributed by atoms with E-state index in [9.17, 15) is 53.1 Å². The molecule has 0 saturated heterocycles. The molecule has 0 aliphatic rings. The van der Waals surface area contributed by atoms with Gasteiger partial charge in [0.05, 0.1) is 13.1 Å². The number of benzene rings is 2. The fraction of sp³-hybridized carbons (Fsp3) is 0.368. The third-order valence-electron chi connectivity index (χ3n) is 8.19. The van der Waals surface area contributed by atoms with Crippen LogP contribution in [0.5, 0.6) is 0 Å². The molecule has 58 heavy (non-hydrogen) atoms. The lowest BCUT2D eigenvalue weighted by molar-refractivity contribution is -0.141. The lowest BCUT2D eigenvalue weighted by Gasteiger charge is -2.25. The number of carbonyl (C=O) groups excluding carboxylic acids is 9. The van der Waals surface area contributed by atoms with E-state index in [1.807, 2.05) is 0 Å². The molecule has 0 unspecified atom stereocenters. The van der Waals surface area contributed by atoms with Crippen LogP contribution in [-0.4, -0.2) is 101 Å². The molecule has 20 nitrogen and oxygen atoms in total. The van der Waals surface area contributed by atoms with Crippen molar-refractivity contribution < 1.29 is 53.1 Å². The Morgan fingerprint density at radius 1 is 0.638 bits per heavy atom. The first-order chi connectivity index (χ1) is 27.4. The van der Waals surface area contributed by atoms with Crippen LogP contribution in [-0.2, 0) is 54.4 Å². The summed E-state index contributed by atoms with van der Waals surface area (Å²) >= 11 is 0. The van der Waals surface area contributed by atoms with Crippen molar-refractivity contribution in [3.8, 4) is 0 Å². The number of amides is 9. The third kappa shape index (κ3) is 17.1. The molecule has 0 spiro atoms. The molecule has 5 atom stereocenters. The second-order valence-corrected chi connectivity index (χ2v) is 13.3. The molecule has 20 heteroatoms. The lowest BCUT2D eigenvalue weighted by Crippen LogP contribution is -2.55. The van der Waals surface area contributed by atoms with Gasteiger partial charge in [0.1, 0.15) is 30.2 Å². The van der Waals surface area contributed by atoms with Gasteiger partial charge in [0.25, 0.3) is 0 Å². The molecule has 0 aliphatic heterocycles. The number of nitrogens with two attached hydrogens (primary N) is 2. The van der Waals surface area contributed by atoms with E-state index < -0.39 is 102 Å². The Kier molecular flexibility index (Phi) is 19.2. The van der Waals surface area contributed by atoms with E-state index in [-0.39, 0.29) is 30.7 Å². The third-order valence-corrected chi connectivity index (χ3v) is 8.19. The molecule has 2 aromatic rings. The van der Waals surface area contributed by atoms with Gasteiger partial charge in [0.15, 0.2) is 0 Å². The Balaban J connectivity index is 2.01. The molecule has 9 amide bonds. The summed E-state index contributed by atoms with van der Waals surface area (Å²) in [6.45, 7) is 3.48. The van der Waals surface area contributed by atoms with E-state index in [4.69, 9.17) is 11.5 Å². The summed E-state index contributed by atoms with van der Waals surface area (Å²) in [5, 5.41) is 25.9. The molecule has 0 fully saturated rings. The molecule has 2 rings (SSSR count). The van der Waals surface area contributed by atoms with Crippen LogP contribution in [0.2, 0.25) is 0 Å². The summed E-state index contributed by atoms with van der Waals surface area (Å²) in [5.74, 6) is -9.19. The molecule has 0 saturated carbocycles. The molecule has 0 aliphatic carbocycles. The predicted octanol–water partition coefficient (Wildman–Crippen LogP) is -2.67. The van der Waals surface area contributed by atoms with E-state index in [0.717, 1.165) is 12.2 Å². The Labute approximate surface area is 333 Å². The summed E-state index contributed by atoms with van der Waals surface area (Å²) < 4.78 is 0. The van der Waals surface area contributed by atoms with Gasteiger partial charge in [-0.2, -0.15) is 0 Å². The number of carboxylic acid groups (broad SMARTS) is 1. The zero-order valence-corrected chi connectivity index (χ0v) is 32.1. The Morgan fingerprint density at radius 3 is 1.79 bits per heavy atom. The fourth-order valence-electron chi connectivity index (χ4n) is 5.08. The number of hydrogen-bond donors (Lipinski definition) is 10. The average molecular weight is 808 g/mol. The summed E-state index contributed by atoms with van der Waals surface area (Å²) in [5.41, 5.74) is 11.6. The van der Waals surface area contributed by atoms with E-state index in [2.05, 4.69) is 37.2 Å². The van der Waals surface area contributed by atoms with Crippen LogP contribution in [0.15, 0.2) is 72.8 Å². The molecule has 312 valence electrons. The maximum Gasteiger partial charge on any atom is 0.326 e. The molecule has 0 bridgehead atoms. The number of aliphatic carboxylic acids is 1. The highest BCUT2D eigenvalue weighted by Gasteiger charge is 2.31. The van der Waals surface area contributed by atoms with Crippen LogP contribution in [0.1, 0.15) is 50.8 Å². The average Bonchev–Trinajstić information content (AvgIpc) is 3.17. The van der Waals surface area contributed by atoms with E-state index >= 15 is 0 Å². The minimum absolute atomic E-state index is 0.00916. The van der Waals surface area contributed by atoms with Crippen molar-refractivity contribution in [2.45, 2.75) is 70.2 Å². The Hall–Kier alpha value is -7.12. The zero-order chi connectivity index (χ0) is 43.4. The number of carboxylic acids is 1. The van der Waals surface area contributed by atoms with Gasteiger partial charge in [-0.3, -0.25) is 43.2 Å². The van der Waals surface area contributed by atoms with Crippen LogP contribution < -0.4 is 48.7 Å². The largest absolute Gasteiger partial charge is 0.480 e. The zero-order valence-electron chi connectivity index (χ0n) is 32.1. The molecular formula is C38H49N9O11. The normalized spacial score (nSPS) is 13.4. The molecular weight excluding hydrogens is 758 g/mol. The van der Waals surface area contributed by atoms with Gasteiger partial charge < -0.3 is 53.8 Å². The van der Waals surface area contributed by atoms with Gasteiger partial charge in [0.2, 0.25) is 53.2 Å². The Morgan fingerprint density at radius 2 is 1.22 bits per heavy atom. The second kappa shape index (κ2) is 23.7. The topological polar surface area (TPSA) is 327 Å². The summed E-state index contributed by atoms with van der Waals surface area (Å²) in [6, 6.07) is 10.1. The highest BCUT2D eigenvalue weighted by atomic mass is 16.4. The smallest absolute Gasteiger partial charge is 0.326 e. The molecule has 12 N–H and O–H groups in total. The highest BCUT2D eigenvalue weighted by Crippen LogP contribution is 2.15. The summed E-state index contributed by atoms with van der Waals surface area (Å²) in [7, 11) is 0. The first-order valence-electron chi connectivity index (χ1n) is 18.0. The first kappa shape index (κ1) is 47.0. The van der Waals surface area contributed by atoms with Crippen LogP contribution in [0, 0.1) is 5.92 Å². The van der Waals surface area contributed by atoms with Gasteiger partial charge in [0, 0.05) is 25.0 Å². The minimum Gasteiger partial charge on any atom is -0.480 e. The van der Waals surface area contributed by atoms with Crippen LogP contribution in [0.3, 0.4) is 0 Å². The monoisotopic (exact) mass is 807 g/mol. The SMILES string of the molecule is CC(C)[C@H](NC(=O)[C@H](C)NC(=O)[C@@H](NC(=O)[C@H](CCC(N)=O)NC(=O)/C=C/C(=O)NCC(=O)NCC(=O)N[C@@H](Cc1ccccc1)C(=O)O)c1ccccc1)C(N)=O. The second-order valence-electron chi connectivity index (χ2n) is 13.3. The van der Waals surface area contributed by atoms with E-state index in [1.165, 1.54) is 19.1 Å². The lowest BCUT2D eigenvalue weighted by atomic mass is 10.0. The molecule has 2 aromatic carbocycles. The number of primary amides is 2. The minimum atomic E-state index is -1.46. The molecule has 0 radical (unpaired) electrons. The van der Waals surface area contributed by atoms with Crippen molar-refractivity contribution in [2.75, 3.05) is 13.1 Å². The summed E-state index contributed by atoms with van der Waals surface area (Å²) in [6.07, 6.45) is 0.813. The van der Waals surface area contributed by atoms with E-state index in [0.29, 0.717) is 5.56 Å². The van der Waals surface area contributed by atoms with Crippen molar-refractivity contribution >= 4 is 59.1 Å². The maximum absolute atomic E-state index is 13.5. The first-order valence-corrected chi connectivity index (χ1v) is 18.0. The van der Waals surface area contributed by atoms with Crippen LogP contribution in [0.25, 0.3) is 0 Å². The number of carbonyl (C=O) groups is 10.